The van der Waals surface area contributed by atoms with Gasteiger partial charge in [0, 0.05) is 16.0 Å². The van der Waals surface area contributed by atoms with Gasteiger partial charge in [0.1, 0.15) is 11.6 Å². The largest absolute Gasteiger partial charge is 0.426 e. The van der Waals surface area contributed by atoms with Gasteiger partial charge in [0.05, 0.1) is 6.42 Å². The molecule has 22 heavy (non-hydrogen) atoms. The smallest absolute Gasteiger partial charge is 0.315 e. The van der Waals surface area contributed by atoms with Crippen molar-refractivity contribution in [2.75, 3.05) is 0 Å². The van der Waals surface area contributed by atoms with Gasteiger partial charge < -0.3 is 4.74 Å². The maximum Gasteiger partial charge on any atom is 0.315 e. The highest BCUT2D eigenvalue weighted by Gasteiger charge is 2.14. The lowest BCUT2D eigenvalue weighted by atomic mass is 10.1. The SMILES string of the molecule is O=C(Cc1c(F)cccc1Cl)Oc1cccc2ccccc12. The van der Waals surface area contributed by atoms with E-state index >= 15 is 0 Å². The minimum atomic E-state index is -0.552. The minimum absolute atomic E-state index is 0.148. The van der Waals surface area contributed by atoms with Crippen molar-refractivity contribution >= 4 is 28.3 Å². The first kappa shape index (κ1) is 14.5. The van der Waals surface area contributed by atoms with Gasteiger partial charge in [-0.3, -0.25) is 4.79 Å². The number of hydrogen-bond acceptors (Lipinski definition) is 2. The average Bonchev–Trinajstić information content (AvgIpc) is 2.51. The van der Waals surface area contributed by atoms with E-state index in [0.29, 0.717) is 5.75 Å². The highest BCUT2D eigenvalue weighted by molar-refractivity contribution is 6.31. The second-order valence-electron chi connectivity index (χ2n) is 4.83. The predicted molar refractivity (Wildman–Crippen MR) is 84.7 cm³/mol. The van der Waals surface area contributed by atoms with Crippen molar-refractivity contribution in [2.45, 2.75) is 6.42 Å². The van der Waals surface area contributed by atoms with Crippen LogP contribution in [0.4, 0.5) is 4.39 Å². The molecule has 0 spiro atoms. The summed E-state index contributed by atoms with van der Waals surface area (Å²) in [6.07, 6.45) is -0.214. The number of halogens is 2. The van der Waals surface area contributed by atoms with Crippen molar-refractivity contribution in [1.29, 1.82) is 0 Å². The van der Waals surface area contributed by atoms with Gasteiger partial charge in [0.15, 0.2) is 0 Å². The van der Waals surface area contributed by atoms with Crippen molar-refractivity contribution in [2.24, 2.45) is 0 Å². The number of esters is 1. The summed E-state index contributed by atoms with van der Waals surface area (Å²) in [5.41, 5.74) is 0.148. The van der Waals surface area contributed by atoms with Crippen LogP contribution in [0.5, 0.6) is 5.75 Å². The van der Waals surface area contributed by atoms with Crippen LogP contribution in [0.3, 0.4) is 0 Å². The zero-order valence-electron chi connectivity index (χ0n) is 11.6. The van der Waals surface area contributed by atoms with E-state index in [1.807, 2.05) is 30.3 Å². The molecule has 0 N–H and O–H groups in total. The summed E-state index contributed by atoms with van der Waals surface area (Å²) in [6, 6.07) is 17.3. The van der Waals surface area contributed by atoms with E-state index in [1.54, 1.807) is 18.2 Å². The van der Waals surface area contributed by atoms with E-state index < -0.39 is 11.8 Å². The van der Waals surface area contributed by atoms with E-state index in [-0.39, 0.29) is 17.0 Å². The topological polar surface area (TPSA) is 26.3 Å². The lowest BCUT2D eigenvalue weighted by molar-refractivity contribution is -0.133. The third-order valence-corrected chi connectivity index (χ3v) is 3.71. The van der Waals surface area contributed by atoms with Crippen LogP contribution in [0.15, 0.2) is 60.7 Å². The van der Waals surface area contributed by atoms with Crippen LogP contribution in [0.1, 0.15) is 5.56 Å². The maximum absolute atomic E-state index is 13.7. The molecule has 4 heteroatoms. The lowest BCUT2D eigenvalue weighted by Gasteiger charge is -2.09. The van der Waals surface area contributed by atoms with Crippen molar-refractivity contribution in [1.82, 2.24) is 0 Å². The van der Waals surface area contributed by atoms with E-state index in [2.05, 4.69) is 0 Å². The summed E-state index contributed by atoms with van der Waals surface area (Å²) < 4.78 is 19.1. The Balaban J connectivity index is 1.85. The molecule has 3 aromatic carbocycles. The van der Waals surface area contributed by atoms with E-state index in [9.17, 15) is 9.18 Å². The maximum atomic E-state index is 13.7. The Labute approximate surface area is 132 Å². The Morgan fingerprint density at radius 1 is 1.00 bits per heavy atom. The molecular formula is C18H12ClFO2. The lowest BCUT2D eigenvalue weighted by Crippen LogP contribution is -2.12. The van der Waals surface area contributed by atoms with Crippen molar-refractivity contribution in [3.63, 3.8) is 0 Å². The number of carbonyl (C=O) groups excluding carboxylic acids is 1. The number of hydrogen-bond donors (Lipinski definition) is 0. The number of fused-ring (bicyclic) bond motifs is 1. The van der Waals surface area contributed by atoms with Crippen molar-refractivity contribution in [3.05, 3.63) is 77.1 Å². The third kappa shape index (κ3) is 2.95. The van der Waals surface area contributed by atoms with Gasteiger partial charge in [-0.05, 0) is 23.6 Å². The molecule has 0 atom stereocenters. The highest BCUT2D eigenvalue weighted by atomic mass is 35.5. The molecule has 2 nitrogen and oxygen atoms in total. The molecule has 0 aliphatic heterocycles. The summed E-state index contributed by atoms with van der Waals surface area (Å²) in [6.45, 7) is 0. The standard InChI is InChI=1S/C18H12ClFO2/c19-15-8-4-9-16(20)14(15)11-18(21)22-17-10-3-6-12-5-1-2-7-13(12)17/h1-10H,11H2. The zero-order chi connectivity index (χ0) is 15.5. The summed E-state index contributed by atoms with van der Waals surface area (Å²) >= 11 is 5.92. The molecule has 0 amide bonds. The first-order valence-corrected chi connectivity index (χ1v) is 7.14. The van der Waals surface area contributed by atoms with Crippen LogP contribution >= 0.6 is 11.6 Å². The van der Waals surface area contributed by atoms with Crippen molar-refractivity contribution < 1.29 is 13.9 Å². The molecule has 110 valence electrons. The second-order valence-corrected chi connectivity index (χ2v) is 5.24. The number of carbonyl (C=O) groups is 1. The Morgan fingerprint density at radius 3 is 2.55 bits per heavy atom. The van der Waals surface area contributed by atoms with E-state index in [4.69, 9.17) is 16.3 Å². The van der Waals surface area contributed by atoms with Crippen LogP contribution in [-0.4, -0.2) is 5.97 Å². The molecule has 3 aromatic rings. The molecule has 0 radical (unpaired) electrons. The Morgan fingerprint density at radius 2 is 1.73 bits per heavy atom. The molecule has 0 heterocycles. The first-order valence-electron chi connectivity index (χ1n) is 6.76. The Hall–Kier alpha value is -2.39. The molecule has 0 fully saturated rings. The van der Waals surface area contributed by atoms with Crippen LogP contribution in [0.25, 0.3) is 10.8 Å². The monoisotopic (exact) mass is 314 g/mol. The molecule has 0 aliphatic carbocycles. The minimum Gasteiger partial charge on any atom is -0.426 e. The summed E-state index contributed by atoms with van der Waals surface area (Å²) in [7, 11) is 0. The van der Waals surface area contributed by atoms with Gasteiger partial charge in [-0.15, -0.1) is 0 Å². The normalized spacial score (nSPS) is 10.6. The fourth-order valence-corrected chi connectivity index (χ4v) is 2.52. The van der Waals surface area contributed by atoms with Crippen LogP contribution in [-0.2, 0) is 11.2 Å². The van der Waals surface area contributed by atoms with E-state index in [0.717, 1.165) is 10.8 Å². The average molecular weight is 315 g/mol. The summed E-state index contributed by atoms with van der Waals surface area (Å²) in [4.78, 5) is 12.1. The zero-order valence-corrected chi connectivity index (χ0v) is 12.3. The highest BCUT2D eigenvalue weighted by Crippen LogP contribution is 2.26. The third-order valence-electron chi connectivity index (χ3n) is 3.36. The summed E-state index contributed by atoms with van der Waals surface area (Å²) in [5.74, 6) is -0.610. The number of ether oxygens (including phenoxy) is 1. The van der Waals surface area contributed by atoms with Gasteiger partial charge in [0.25, 0.3) is 0 Å². The van der Waals surface area contributed by atoms with Crippen LogP contribution in [0, 0.1) is 5.82 Å². The molecule has 3 rings (SSSR count). The molecule has 0 unspecified atom stereocenters. The molecule has 0 saturated heterocycles. The van der Waals surface area contributed by atoms with Gasteiger partial charge >= 0.3 is 5.97 Å². The van der Waals surface area contributed by atoms with Gasteiger partial charge in [-0.25, -0.2) is 4.39 Å². The predicted octanol–water partition coefficient (Wildman–Crippen LogP) is 4.78. The molecule has 0 aromatic heterocycles. The Bertz CT molecular complexity index is 820. The van der Waals surface area contributed by atoms with Gasteiger partial charge in [-0.1, -0.05) is 54.1 Å². The van der Waals surface area contributed by atoms with Gasteiger partial charge in [-0.2, -0.15) is 0 Å². The quantitative estimate of drug-likeness (QED) is 0.513. The molecule has 0 aliphatic rings. The second kappa shape index (κ2) is 6.16. The Kier molecular flexibility index (Phi) is 4.07. The van der Waals surface area contributed by atoms with Crippen LogP contribution in [0.2, 0.25) is 5.02 Å². The fraction of sp³-hybridized carbons (Fsp3) is 0.0556. The fourth-order valence-electron chi connectivity index (χ4n) is 2.29. The van der Waals surface area contributed by atoms with E-state index in [1.165, 1.54) is 12.1 Å². The number of rotatable bonds is 3. The summed E-state index contributed by atoms with van der Waals surface area (Å²) in [5, 5.41) is 2.02. The first-order chi connectivity index (χ1) is 10.6. The molecule has 0 bridgehead atoms. The number of benzene rings is 3. The van der Waals surface area contributed by atoms with Crippen LogP contribution < -0.4 is 4.74 Å². The molecular weight excluding hydrogens is 303 g/mol. The van der Waals surface area contributed by atoms with Crippen molar-refractivity contribution in [3.8, 4) is 5.75 Å². The molecule has 0 saturated carbocycles. The van der Waals surface area contributed by atoms with Gasteiger partial charge in [0.2, 0.25) is 0 Å².